The Labute approximate surface area is 166 Å². The van der Waals surface area contributed by atoms with E-state index in [1.54, 1.807) is 47.5 Å². The highest BCUT2D eigenvalue weighted by Gasteiger charge is 2.17. The molecule has 3 heterocycles. The number of benzene rings is 1. The molecule has 0 unspecified atom stereocenters. The molecular weight excluding hydrogens is 372 g/mol. The molecular formula is C20H18N6O3. The topological polar surface area (TPSA) is 96.6 Å². The highest BCUT2D eigenvalue weighted by molar-refractivity contribution is 5.89. The van der Waals surface area contributed by atoms with Crippen LogP contribution in [0.25, 0.3) is 21.8 Å². The fourth-order valence-corrected chi connectivity index (χ4v) is 3.02. The summed E-state index contributed by atoms with van der Waals surface area (Å²) in [7, 11) is 0. The van der Waals surface area contributed by atoms with Gasteiger partial charge in [0, 0.05) is 19.3 Å². The van der Waals surface area contributed by atoms with Crippen LogP contribution in [-0.2, 0) is 4.74 Å². The van der Waals surface area contributed by atoms with Gasteiger partial charge in [-0.2, -0.15) is 0 Å². The van der Waals surface area contributed by atoms with E-state index < -0.39 is 0 Å². The van der Waals surface area contributed by atoms with Crippen LogP contribution in [0.1, 0.15) is 0 Å². The first-order valence-electron chi connectivity index (χ1n) is 9.04. The van der Waals surface area contributed by atoms with E-state index >= 15 is 0 Å². The predicted molar refractivity (Wildman–Crippen MR) is 107 cm³/mol. The Kier molecular flexibility index (Phi) is 5.09. The second kappa shape index (κ2) is 8.00. The van der Waals surface area contributed by atoms with Crippen molar-refractivity contribution >= 4 is 17.4 Å². The van der Waals surface area contributed by atoms with Crippen molar-refractivity contribution in [3.63, 3.8) is 0 Å². The van der Waals surface area contributed by atoms with Gasteiger partial charge in [-0.3, -0.25) is 9.89 Å². The molecule has 0 radical (unpaired) electrons. The van der Waals surface area contributed by atoms with E-state index in [4.69, 9.17) is 11.3 Å². The van der Waals surface area contributed by atoms with Crippen LogP contribution < -0.4 is 10.9 Å². The van der Waals surface area contributed by atoms with Gasteiger partial charge in [-0.05, 0) is 17.7 Å². The first-order chi connectivity index (χ1) is 14.2. The van der Waals surface area contributed by atoms with E-state index in [1.807, 2.05) is 0 Å². The van der Waals surface area contributed by atoms with Crippen LogP contribution in [-0.4, -0.2) is 52.0 Å². The SMILES string of the molecule is [C-]#[N+]c1ccc(-c2c[nH]n(-c3ccc(NC(=O)N4CCOCC4)cn3)c2=O)cc1. The van der Waals surface area contributed by atoms with Gasteiger partial charge in [0.25, 0.3) is 5.56 Å². The van der Waals surface area contributed by atoms with Crippen molar-refractivity contribution in [3.05, 3.63) is 70.6 Å². The summed E-state index contributed by atoms with van der Waals surface area (Å²) < 4.78 is 6.56. The molecule has 0 atom stereocenters. The maximum absolute atomic E-state index is 12.7. The molecule has 9 heteroatoms. The van der Waals surface area contributed by atoms with Crippen molar-refractivity contribution in [3.8, 4) is 16.9 Å². The van der Waals surface area contributed by atoms with Crippen molar-refractivity contribution in [2.75, 3.05) is 31.6 Å². The molecule has 1 saturated heterocycles. The lowest BCUT2D eigenvalue weighted by Gasteiger charge is -2.26. The van der Waals surface area contributed by atoms with Crippen molar-refractivity contribution < 1.29 is 9.53 Å². The number of ether oxygens (including phenoxy) is 1. The number of rotatable bonds is 3. The van der Waals surface area contributed by atoms with Crippen LogP contribution in [0.4, 0.5) is 16.2 Å². The second-order valence-electron chi connectivity index (χ2n) is 6.42. The number of anilines is 1. The Balaban J connectivity index is 1.50. The third-order valence-electron chi connectivity index (χ3n) is 4.61. The summed E-state index contributed by atoms with van der Waals surface area (Å²) in [6.07, 6.45) is 3.11. The number of pyridine rings is 1. The summed E-state index contributed by atoms with van der Waals surface area (Å²) >= 11 is 0. The van der Waals surface area contributed by atoms with Crippen LogP contribution in [0.15, 0.2) is 53.6 Å². The largest absolute Gasteiger partial charge is 0.378 e. The number of aromatic amines is 1. The summed E-state index contributed by atoms with van der Waals surface area (Å²) in [5.41, 5.74) is 2.00. The van der Waals surface area contributed by atoms with Gasteiger partial charge in [0.2, 0.25) is 0 Å². The Morgan fingerprint density at radius 3 is 2.59 bits per heavy atom. The quantitative estimate of drug-likeness (QED) is 0.672. The average Bonchev–Trinajstić information content (AvgIpc) is 3.16. The molecule has 2 aromatic heterocycles. The van der Waals surface area contributed by atoms with Gasteiger partial charge in [0.1, 0.15) is 0 Å². The number of morpholine rings is 1. The number of nitrogens with zero attached hydrogens (tertiary/aromatic N) is 4. The van der Waals surface area contributed by atoms with Crippen LogP contribution >= 0.6 is 0 Å². The van der Waals surface area contributed by atoms with Crippen LogP contribution in [0.3, 0.4) is 0 Å². The Morgan fingerprint density at radius 2 is 1.93 bits per heavy atom. The molecule has 0 spiro atoms. The minimum atomic E-state index is -0.252. The zero-order valence-electron chi connectivity index (χ0n) is 15.5. The third-order valence-corrected chi connectivity index (χ3v) is 4.61. The van der Waals surface area contributed by atoms with E-state index in [2.05, 4.69) is 20.2 Å². The number of hydrogen-bond donors (Lipinski definition) is 2. The molecule has 0 aliphatic carbocycles. The molecule has 146 valence electrons. The van der Waals surface area contributed by atoms with Crippen molar-refractivity contribution in [2.45, 2.75) is 0 Å². The van der Waals surface area contributed by atoms with Crippen molar-refractivity contribution in [1.82, 2.24) is 19.7 Å². The third kappa shape index (κ3) is 3.88. The molecule has 0 bridgehead atoms. The van der Waals surface area contributed by atoms with Gasteiger partial charge >= 0.3 is 6.03 Å². The minimum Gasteiger partial charge on any atom is -0.378 e. The monoisotopic (exact) mass is 390 g/mol. The highest BCUT2D eigenvalue weighted by atomic mass is 16.5. The molecule has 2 amide bonds. The lowest BCUT2D eigenvalue weighted by atomic mass is 10.1. The molecule has 3 aromatic rings. The first kappa shape index (κ1) is 18.5. The fraction of sp³-hybridized carbons (Fsp3) is 0.200. The number of carbonyl (C=O) groups is 1. The minimum absolute atomic E-state index is 0.204. The summed E-state index contributed by atoms with van der Waals surface area (Å²) in [5.74, 6) is 0.406. The number of carbonyl (C=O) groups excluding carboxylic acids is 1. The number of aromatic nitrogens is 3. The molecule has 1 aliphatic heterocycles. The van der Waals surface area contributed by atoms with Gasteiger partial charge in [-0.1, -0.05) is 24.3 Å². The fourth-order valence-electron chi connectivity index (χ4n) is 3.02. The van der Waals surface area contributed by atoms with Gasteiger partial charge in [-0.25, -0.2) is 19.3 Å². The molecule has 9 nitrogen and oxygen atoms in total. The smallest absolute Gasteiger partial charge is 0.322 e. The van der Waals surface area contributed by atoms with Crippen molar-refractivity contribution in [2.24, 2.45) is 0 Å². The Bertz CT molecular complexity index is 1100. The van der Waals surface area contributed by atoms with E-state index in [0.29, 0.717) is 54.6 Å². The van der Waals surface area contributed by atoms with Gasteiger partial charge in [0.05, 0.1) is 37.2 Å². The van der Waals surface area contributed by atoms with Gasteiger partial charge in [0.15, 0.2) is 11.5 Å². The van der Waals surface area contributed by atoms with E-state index in [-0.39, 0.29) is 11.6 Å². The Hall–Kier alpha value is -3.90. The number of hydrogen-bond acceptors (Lipinski definition) is 4. The maximum Gasteiger partial charge on any atom is 0.322 e. The lowest BCUT2D eigenvalue weighted by molar-refractivity contribution is 0.0564. The number of H-pyrrole nitrogens is 1. The molecule has 0 saturated carbocycles. The van der Waals surface area contributed by atoms with Crippen LogP contribution in [0.2, 0.25) is 0 Å². The van der Waals surface area contributed by atoms with E-state index in [0.717, 1.165) is 0 Å². The van der Waals surface area contributed by atoms with Crippen molar-refractivity contribution in [1.29, 1.82) is 0 Å². The summed E-state index contributed by atoms with van der Waals surface area (Å²) in [4.78, 5) is 34.3. The lowest BCUT2D eigenvalue weighted by Crippen LogP contribution is -2.43. The molecule has 1 fully saturated rings. The summed E-state index contributed by atoms with van der Waals surface area (Å²) in [6.45, 7) is 9.17. The average molecular weight is 390 g/mol. The van der Waals surface area contributed by atoms with E-state index in [9.17, 15) is 9.59 Å². The number of nitrogens with one attached hydrogen (secondary N) is 2. The highest BCUT2D eigenvalue weighted by Crippen LogP contribution is 2.20. The zero-order chi connectivity index (χ0) is 20.2. The second-order valence-corrected chi connectivity index (χ2v) is 6.42. The molecule has 1 aromatic carbocycles. The predicted octanol–water partition coefficient (Wildman–Crippen LogP) is 2.64. The van der Waals surface area contributed by atoms with Gasteiger partial charge < -0.3 is 15.0 Å². The molecule has 1 aliphatic rings. The number of urea groups is 1. The normalized spacial score (nSPS) is 13.7. The molecule has 4 rings (SSSR count). The summed E-state index contributed by atoms with van der Waals surface area (Å²) in [6, 6.07) is 9.95. The molecule has 2 N–H and O–H groups in total. The summed E-state index contributed by atoms with van der Waals surface area (Å²) in [5, 5.41) is 5.70. The van der Waals surface area contributed by atoms with Crippen LogP contribution in [0.5, 0.6) is 0 Å². The zero-order valence-corrected chi connectivity index (χ0v) is 15.5. The maximum atomic E-state index is 12.7. The number of amides is 2. The van der Waals surface area contributed by atoms with Crippen LogP contribution in [0, 0.1) is 6.57 Å². The molecule has 29 heavy (non-hydrogen) atoms. The standard InChI is InChI=1S/C20H18N6O3/c1-21-15-4-2-14(3-5-15)17-13-23-26(19(17)27)18-7-6-16(12-22-18)24-20(28)25-8-10-29-11-9-25/h2-7,12-13,23H,8-11H2,(H,24,28). The van der Waals surface area contributed by atoms with Gasteiger partial charge in [-0.15, -0.1) is 0 Å². The Morgan fingerprint density at radius 1 is 1.17 bits per heavy atom. The first-order valence-corrected chi connectivity index (χ1v) is 9.04. The van der Waals surface area contributed by atoms with E-state index in [1.165, 1.54) is 10.9 Å².